The number of hydrogen-bond donors (Lipinski definition) is 2. The third kappa shape index (κ3) is 3.32. The predicted molar refractivity (Wildman–Crippen MR) is 65.3 cm³/mol. The van der Waals surface area contributed by atoms with Gasteiger partial charge in [0.05, 0.1) is 5.69 Å². The van der Waals surface area contributed by atoms with Crippen LogP contribution in [0.15, 0.2) is 6.20 Å². The summed E-state index contributed by atoms with van der Waals surface area (Å²) in [7, 11) is 1.94. The molecule has 4 heteroatoms. The average molecular weight is 225 g/mol. The van der Waals surface area contributed by atoms with Crippen molar-refractivity contribution in [1.82, 2.24) is 15.1 Å². The van der Waals surface area contributed by atoms with Gasteiger partial charge in [-0.2, -0.15) is 5.10 Å². The Kier molecular flexibility index (Phi) is 5.49. The first-order valence-corrected chi connectivity index (χ1v) is 6.09. The lowest BCUT2D eigenvalue weighted by Crippen LogP contribution is -2.23. The highest BCUT2D eigenvalue weighted by Gasteiger charge is 2.16. The van der Waals surface area contributed by atoms with Gasteiger partial charge in [-0.3, -0.25) is 4.68 Å². The SMILES string of the molecule is CCCNC(CCO)c1cn(C)nc1CC. The third-order valence-corrected chi connectivity index (χ3v) is 2.71. The predicted octanol–water partition coefficient (Wildman–Crippen LogP) is 1.41. The maximum atomic E-state index is 9.10. The molecule has 0 bridgehead atoms. The fourth-order valence-corrected chi connectivity index (χ4v) is 1.93. The van der Waals surface area contributed by atoms with Crippen LogP contribution in [0.2, 0.25) is 0 Å². The highest BCUT2D eigenvalue weighted by Crippen LogP contribution is 2.20. The summed E-state index contributed by atoms with van der Waals surface area (Å²) >= 11 is 0. The van der Waals surface area contributed by atoms with Gasteiger partial charge in [-0.1, -0.05) is 13.8 Å². The number of nitrogens with zero attached hydrogens (tertiary/aromatic N) is 2. The first kappa shape index (κ1) is 13.2. The molecular weight excluding hydrogens is 202 g/mol. The molecule has 0 aliphatic heterocycles. The van der Waals surface area contributed by atoms with E-state index >= 15 is 0 Å². The molecule has 1 heterocycles. The van der Waals surface area contributed by atoms with Crippen LogP contribution >= 0.6 is 0 Å². The summed E-state index contributed by atoms with van der Waals surface area (Å²) in [6.07, 6.45) is 4.84. The second-order valence-corrected chi connectivity index (χ2v) is 4.08. The lowest BCUT2D eigenvalue weighted by Gasteiger charge is -2.17. The molecular formula is C12H23N3O. The summed E-state index contributed by atoms with van der Waals surface area (Å²) in [5.41, 5.74) is 2.36. The molecule has 0 saturated heterocycles. The highest BCUT2D eigenvalue weighted by molar-refractivity contribution is 5.21. The Labute approximate surface area is 97.7 Å². The molecule has 4 nitrogen and oxygen atoms in total. The maximum absolute atomic E-state index is 9.10. The molecule has 0 aromatic carbocycles. The van der Waals surface area contributed by atoms with Crippen molar-refractivity contribution in [2.45, 2.75) is 39.2 Å². The second kappa shape index (κ2) is 6.66. The lowest BCUT2D eigenvalue weighted by atomic mass is 10.0. The Morgan fingerprint density at radius 3 is 2.81 bits per heavy atom. The number of aliphatic hydroxyl groups is 1. The molecule has 0 aliphatic carbocycles. The van der Waals surface area contributed by atoms with Gasteiger partial charge in [-0.15, -0.1) is 0 Å². The molecule has 0 saturated carbocycles. The van der Waals surface area contributed by atoms with Crippen LogP contribution in [0, 0.1) is 0 Å². The van der Waals surface area contributed by atoms with Gasteiger partial charge >= 0.3 is 0 Å². The van der Waals surface area contributed by atoms with Gasteiger partial charge < -0.3 is 10.4 Å². The van der Waals surface area contributed by atoms with E-state index in [1.807, 2.05) is 11.7 Å². The van der Waals surface area contributed by atoms with E-state index in [0.717, 1.165) is 31.5 Å². The van der Waals surface area contributed by atoms with Crippen molar-refractivity contribution in [2.75, 3.05) is 13.2 Å². The van der Waals surface area contributed by atoms with Gasteiger partial charge in [-0.05, 0) is 25.8 Å². The Morgan fingerprint density at radius 2 is 2.25 bits per heavy atom. The standard InChI is InChI=1S/C12H23N3O/c1-4-7-13-12(6-8-16)10-9-15(3)14-11(10)5-2/h9,12-13,16H,4-8H2,1-3H3. The van der Waals surface area contributed by atoms with E-state index in [-0.39, 0.29) is 12.6 Å². The number of aliphatic hydroxyl groups excluding tert-OH is 1. The molecule has 1 aromatic heterocycles. The number of aromatic nitrogens is 2. The maximum Gasteiger partial charge on any atom is 0.0669 e. The number of nitrogens with one attached hydrogen (secondary N) is 1. The van der Waals surface area contributed by atoms with Crippen molar-refractivity contribution in [1.29, 1.82) is 0 Å². The Balaban J connectivity index is 2.81. The molecule has 1 rings (SSSR count). The molecule has 1 aromatic rings. The van der Waals surface area contributed by atoms with E-state index < -0.39 is 0 Å². The molecule has 0 fully saturated rings. The zero-order chi connectivity index (χ0) is 12.0. The Morgan fingerprint density at radius 1 is 1.50 bits per heavy atom. The third-order valence-electron chi connectivity index (χ3n) is 2.71. The van der Waals surface area contributed by atoms with Gasteiger partial charge in [0.1, 0.15) is 0 Å². The summed E-state index contributed by atoms with van der Waals surface area (Å²) in [6.45, 7) is 5.44. The van der Waals surface area contributed by atoms with E-state index in [0.29, 0.717) is 0 Å². The van der Waals surface area contributed by atoms with Crippen molar-refractivity contribution in [3.63, 3.8) is 0 Å². The molecule has 1 atom stereocenters. The van der Waals surface area contributed by atoms with Crippen LogP contribution in [-0.2, 0) is 13.5 Å². The number of aryl methyl sites for hydroxylation is 2. The van der Waals surface area contributed by atoms with E-state index in [4.69, 9.17) is 5.11 Å². The van der Waals surface area contributed by atoms with E-state index in [9.17, 15) is 0 Å². The average Bonchev–Trinajstić information content (AvgIpc) is 2.65. The molecule has 2 N–H and O–H groups in total. The van der Waals surface area contributed by atoms with Crippen molar-refractivity contribution in [3.8, 4) is 0 Å². The van der Waals surface area contributed by atoms with Crippen molar-refractivity contribution < 1.29 is 5.11 Å². The fourth-order valence-electron chi connectivity index (χ4n) is 1.93. The van der Waals surface area contributed by atoms with Gasteiger partial charge in [0.2, 0.25) is 0 Å². The summed E-state index contributed by atoms with van der Waals surface area (Å²) in [5, 5.41) is 17.0. The van der Waals surface area contributed by atoms with Crippen LogP contribution in [0.1, 0.15) is 44.0 Å². The van der Waals surface area contributed by atoms with Crippen LogP contribution in [0.25, 0.3) is 0 Å². The summed E-state index contributed by atoms with van der Waals surface area (Å²) in [4.78, 5) is 0. The molecule has 1 unspecified atom stereocenters. The Bertz CT molecular complexity index is 309. The lowest BCUT2D eigenvalue weighted by molar-refractivity contribution is 0.265. The Hall–Kier alpha value is -0.870. The zero-order valence-electron chi connectivity index (χ0n) is 10.5. The normalized spacial score (nSPS) is 13.0. The largest absolute Gasteiger partial charge is 0.396 e. The van der Waals surface area contributed by atoms with Crippen LogP contribution < -0.4 is 5.32 Å². The molecule has 0 spiro atoms. The van der Waals surface area contributed by atoms with Crippen molar-refractivity contribution in [3.05, 3.63) is 17.5 Å². The van der Waals surface area contributed by atoms with Crippen LogP contribution in [0.4, 0.5) is 0 Å². The molecule has 0 amide bonds. The molecule has 16 heavy (non-hydrogen) atoms. The van der Waals surface area contributed by atoms with Crippen molar-refractivity contribution in [2.24, 2.45) is 7.05 Å². The topological polar surface area (TPSA) is 50.1 Å². The quantitative estimate of drug-likeness (QED) is 0.737. The number of hydrogen-bond acceptors (Lipinski definition) is 3. The van der Waals surface area contributed by atoms with E-state index in [1.165, 1.54) is 5.56 Å². The van der Waals surface area contributed by atoms with Crippen LogP contribution in [0.3, 0.4) is 0 Å². The minimum atomic E-state index is 0.208. The second-order valence-electron chi connectivity index (χ2n) is 4.08. The van der Waals surface area contributed by atoms with Gasteiger partial charge in [-0.25, -0.2) is 0 Å². The fraction of sp³-hybridized carbons (Fsp3) is 0.750. The van der Waals surface area contributed by atoms with Gasteiger partial charge in [0.15, 0.2) is 0 Å². The van der Waals surface area contributed by atoms with Gasteiger partial charge in [0.25, 0.3) is 0 Å². The summed E-state index contributed by atoms with van der Waals surface area (Å²) in [6, 6.07) is 0.230. The van der Waals surface area contributed by atoms with Crippen molar-refractivity contribution >= 4 is 0 Å². The molecule has 0 radical (unpaired) electrons. The minimum absolute atomic E-state index is 0.208. The van der Waals surface area contributed by atoms with Gasteiger partial charge in [0, 0.05) is 31.5 Å². The summed E-state index contributed by atoms with van der Waals surface area (Å²) in [5.74, 6) is 0. The van der Waals surface area contributed by atoms with E-state index in [1.54, 1.807) is 0 Å². The highest BCUT2D eigenvalue weighted by atomic mass is 16.3. The smallest absolute Gasteiger partial charge is 0.0669 e. The van der Waals surface area contributed by atoms with E-state index in [2.05, 4.69) is 30.5 Å². The first-order chi connectivity index (χ1) is 7.72. The monoisotopic (exact) mass is 225 g/mol. The zero-order valence-corrected chi connectivity index (χ0v) is 10.5. The number of rotatable bonds is 7. The minimum Gasteiger partial charge on any atom is -0.396 e. The first-order valence-electron chi connectivity index (χ1n) is 6.09. The van der Waals surface area contributed by atoms with Crippen LogP contribution in [-0.4, -0.2) is 28.0 Å². The summed E-state index contributed by atoms with van der Waals surface area (Å²) < 4.78 is 1.85. The molecule has 92 valence electrons. The van der Waals surface area contributed by atoms with Crippen LogP contribution in [0.5, 0.6) is 0 Å². The molecule has 0 aliphatic rings.